The zero-order valence-corrected chi connectivity index (χ0v) is 19.7. The molecule has 0 bridgehead atoms. The summed E-state index contributed by atoms with van der Waals surface area (Å²) < 4.78 is 37.7. The lowest BCUT2D eigenvalue weighted by atomic mass is 10.2. The summed E-state index contributed by atoms with van der Waals surface area (Å²) in [5, 5.41) is 0. The van der Waals surface area contributed by atoms with Gasteiger partial charge in [0.25, 0.3) is 5.91 Å². The maximum atomic E-state index is 13.0. The average Bonchev–Trinajstić information content (AvgIpc) is 3.14. The molecular weight excluding hydrogens is 452 g/mol. The van der Waals surface area contributed by atoms with Gasteiger partial charge in [-0.2, -0.15) is 4.99 Å². The molecule has 32 heavy (non-hydrogen) atoms. The highest BCUT2D eigenvalue weighted by atomic mass is 32.2. The molecule has 1 aromatic heterocycles. The fourth-order valence-corrected chi connectivity index (χ4v) is 5.32. The van der Waals surface area contributed by atoms with E-state index in [0.29, 0.717) is 30.1 Å². The largest absolute Gasteiger partial charge is 0.465 e. The Balaban J connectivity index is 2.15. The number of benzene rings is 2. The summed E-state index contributed by atoms with van der Waals surface area (Å²) in [5.41, 5.74) is 1.19. The van der Waals surface area contributed by atoms with E-state index >= 15 is 0 Å². The number of methoxy groups -OCH3 is 1. The van der Waals surface area contributed by atoms with Gasteiger partial charge in [0.15, 0.2) is 14.6 Å². The number of fused-ring (bicyclic) bond motifs is 1. The first kappa shape index (κ1) is 23.8. The van der Waals surface area contributed by atoms with E-state index < -0.39 is 21.7 Å². The van der Waals surface area contributed by atoms with Gasteiger partial charge in [-0.25, -0.2) is 13.2 Å². The van der Waals surface area contributed by atoms with Crippen molar-refractivity contribution in [1.29, 1.82) is 0 Å². The minimum Gasteiger partial charge on any atom is -0.465 e. The second-order valence-electron chi connectivity index (χ2n) is 6.72. The number of ether oxygens (including phenoxy) is 2. The van der Waals surface area contributed by atoms with E-state index in [1.807, 2.05) is 11.5 Å². The van der Waals surface area contributed by atoms with Gasteiger partial charge < -0.3 is 14.0 Å². The van der Waals surface area contributed by atoms with E-state index in [0.717, 1.165) is 10.2 Å². The van der Waals surface area contributed by atoms with Gasteiger partial charge in [0.05, 0.1) is 45.7 Å². The van der Waals surface area contributed by atoms with Crippen molar-refractivity contribution in [2.75, 3.05) is 26.1 Å². The van der Waals surface area contributed by atoms with Crippen LogP contribution in [0, 0.1) is 0 Å². The second-order valence-corrected chi connectivity index (χ2v) is 9.98. The summed E-state index contributed by atoms with van der Waals surface area (Å²) in [6, 6.07) is 11.2. The molecule has 0 radical (unpaired) electrons. The van der Waals surface area contributed by atoms with Gasteiger partial charge in [0, 0.05) is 13.2 Å². The standard InChI is InChI=1S/C22H24N2O6S2/c1-4-30-13-12-24-17-11-10-15(21(26)29-3)14-18(17)31-22(24)23-20(25)16-8-6-7-9-19(16)32(27,28)5-2/h6-11,14H,4-5,12-13H2,1-3H3. The van der Waals surface area contributed by atoms with E-state index in [1.54, 1.807) is 30.3 Å². The maximum Gasteiger partial charge on any atom is 0.337 e. The molecule has 0 unspecified atom stereocenters. The zero-order chi connectivity index (χ0) is 23.3. The van der Waals surface area contributed by atoms with Gasteiger partial charge in [0.2, 0.25) is 0 Å². The van der Waals surface area contributed by atoms with Crippen LogP contribution in [0.25, 0.3) is 10.2 Å². The SMILES string of the molecule is CCOCCn1c(=NC(=O)c2ccccc2S(=O)(=O)CC)sc2cc(C(=O)OC)ccc21. The number of aromatic nitrogens is 1. The molecule has 3 aromatic rings. The van der Waals surface area contributed by atoms with Crippen LogP contribution in [-0.2, 0) is 25.9 Å². The number of sulfone groups is 1. The van der Waals surface area contributed by atoms with Crippen molar-refractivity contribution in [3.8, 4) is 0 Å². The number of esters is 1. The molecule has 0 spiro atoms. The molecule has 0 N–H and O–H groups in total. The topological polar surface area (TPSA) is 104 Å². The van der Waals surface area contributed by atoms with Gasteiger partial charge in [-0.05, 0) is 37.3 Å². The molecule has 0 aliphatic carbocycles. The van der Waals surface area contributed by atoms with E-state index in [1.165, 1.54) is 37.5 Å². The summed E-state index contributed by atoms with van der Waals surface area (Å²) in [4.78, 5) is 29.5. The Kier molecular flexibility index (Phi) is 7.60. The average molecular weight is 477 g/mol. The van der Waals surface area contributed by atoms with Crippen molar-refractivity contribution in [3.63, 3.8) is 0 Å². The molecule has 1 heterocycles. The van der Waals surface area contributed by atoms with Crippen LogP contribution in [0.2, 0.25) is 0 Å². The highest BCUT2D eigenvalue weighted by molar-refractivity contribution is 7.91. The minimum absolute atomic E-state index is 0.0263. The maximum absolute atomic E-state index is 13.0. The molecule has 0 saturated heterocycles. The minimum atomic E-state index is -3.59. The first-order valence-corrected chi connectivity index (χ1v) is 12.5. The Labute approximate surface area is 190 Å². The van der Waals surface area contributed by atoms with Crippen LogP contribution in [0.5, 0.6) is 0 Å². The number of thiazole rings is 1. The lowest BCUT2D eigenvalue weighted by Crippen LogP contribution is -2.20. The van der Waals surface area contributed by atoms with Gasteiger partial charge >= 0.3 is 5.97 Å². The number of carbonyl (C=O) groups is 2. The molecule has 0 fully saturated rings. The molecule has 0 saturated carbocycles. The number of hydrogen-bond donors (Lipinski definition) is 0. The van der Waals surface area contributed by atoms with Crippen LogP contribution in [0.15, 0.2) is 52.4 Å². The predicted molar refractivity (Wildman–Crippen MR) is 122 cm³/mol. The number of amides is 1. The molecule has 0 aliphatic heterocycles. The van der Waals surface area contributed by atoms with Crippen LogP contribution in [-0.4, -0.2) is 50.9 Å². The zero-order valence-electron chi connectivity index (χ0n) is 18.0. The molecule has 0 atom stereocenters. The van der Waals surface area contributed by atoms with Crippen LogP contribution in [0.3, 0.4) is 0 Å². The Morgan fingerprint density at radius 2 is 1.88 bits per heavy atom. The van der Waals surface area contributed by atoms with E-state index in [2.05, 4.69) is 4.99 Å². The predicted octanol–water partition coefficient (Wildman–Crippen LogP) is 3.06. The fourth-order valence-electron chi connectivity index (χ4n) is 3.14. The molecule has 8 nitrogen and oxygen atoms in total. The van der Waals surface area contributed by atoms with Crippen molar-refractivity contribution < 1.29 is 27.5 Å². The molecule has 10 heteroatoms. The number of nitrogens with zero attached hydrogens (tertiary/aromatic N) is 2. The van der Waals surface area contributed by atoms with Crippen molar-refractivity contribution in [3.05, 3.63) is 58.4 Å². The van der Waals surface area contributed by atoms with Crippen molar-refractivity contribution >= 4 is 43.3 Å². The highest BCUT2D eigenvalue weighted by Crippen LogP contribution is 2.21. The Bertz CT molecular complexity index is 1320. The van der Waals surface area contributed by atoms with Crippen LogP contribution >= 0.6 is 11.3 Å². The number of rotatable bonds is 8. The third kappa shape index (κ3) is 4.98. The number of carbonyl (C=O) groups excluding carboxylic acids is 2. The first-order chi connectivity index (χ1) is 15.3. The molecule has 170 valence electrons. The summed E-state index contributed by atoms with van der Waals surface area (Å²) in [7, 11) is -2.28. The fraction of sp³-hybridized carbons (Fsp3) is 0.318. The van der Waals surface area contributed by atoms with Crippen molar-refractivity contribution in [2.24, 2.45) is 4.99 Å². The van der Waals surface area contributed by atoms with E-state index in [-0.39, 0.29) is 16.2 Å². The third-order valence-corrected chi connectivity index (χ3v) is 7.62. The smallest absolute Gasteiger partial charge is 0.337 e. The monoisotopic (exact) mass is 476 g/mol. The Morgan fingerprint density at radius 3 is 2.56 bits per heavy atom. The molecular formula is C22H24N2O6S2. The molecule has 2 aromatic carbocycles. The number of hydrogen-bond acceptors (Lipinski definition) is 7. The second kappa shape index (κ2) is 10.2. The van der Waals surface area contributed by atoms with Crippen LogP contribution < -0.4 is 4.80 Å². The highest BCUT2D eigenvalue weighted by Gasteiger charge is 2.21. The summed E-state index contributed by atoms with van der Waals surface area (Å²) in [6.07, 6.45) is 0. The van der Waals surface area contributed by atoms with Gasteiger partial charge in [-0.1, -0.05) is 30.4 Å². The molecule has 1 amide bonds. The van der Waals surface area contributed by atoms with E-state index in [9.17, 15) is 18.0 Å². The summed E-state index contributed by atoms with van der Waals surface area (Å²) in [5.74, 6) is -1.23. The van der Waals surface area contributed by atoms with Crippen LogP contribution in [0.1, 0.15) is 34.6 Å². The van der Waals surface area contributed by atoms with Crippen molar-refractivity contribution in [1.82, 2.24) is 4.57 Å². The third-order valence-electron chi connectivity index (χ3n) is 4.80. The van der Waals surface area contributed by atoms with Crippen LogP contribution in [0.4, 0.5) is 0 Å². The molecule has 0 aliphatic rings. The summed E-state index contributed by atoms with van der Waals surface area (Å²) in [6.45, 7) is 4.80. The molecule has 3 rings (SSSR count). The van der Waals surface area contributed by atoms with Gasteiger partial charge in [-0.3, -0.25) is 4.79 Å². The van der Waals surface area contributed by atoms with Crippen molar-refractivity contribution in [2.45, 2.75) is 25.3 Å². The lowest BCUT2D eigenvalue weighted by Gasteiger charge is -2.07. The summed E-state index contributed by atoms with van der Waals surface area (Å²) >= 11 is 1.23. The normalized spacial score (nSPS) is 12.3. The first-order valence-electron chi connectivity index (χ1n) is 10.0. The van der Waals surface area contributed by atoms with E-state index in [4.69, 9.17) is 9.47 Å². The Morgan fingerprint density at radius 1 is 1.12 bits per heavy atom. The lowest BCUT2D eigenvalue weighted by molar-refractivity contribution is 0.0600. The van der Waals surface area contributed by atoms with Gasteiger partial charge in [0.1, 0.15) is 0 Å². The Hall–Kier alpha value is -2.82. The van der Waals surface area contributed by atoms with Gasteiger partial charge in [-0.15, -0.1) is 0 Å². The quantitative estimate of drug-likeness (QED) is 0.366.